The Morgan fingerprint density at radius 3 is 2.87 bits per heavy atom. The van der Waals surface area contributed by atoms with Crippen molar-refractivity contribution in [2.24, 2.45) is 5.92 Å². The number of hydrogen-bond donors (Lipinski definition) is 1. The van der Waals surface area contributed by atoms with E-state index in [1.54, 1.807) is 6.92 Å². The zero-order valence-electron chi connectivity index (χ0n) is 13.5. The minimum atomic E-state index is -0.112. The van der Waals surface area contributed by atoms with Gasteiger partial charge in [-0.3, -0.25) is 4.79 Å². The highest BCUT2D eigenvalue weighted by Gasteiger charge is 2.30. The summed E-state index contributed by atoms with van der Waals surface area (Å²) in [7, 11) is 0. The Balaban J connectivity index is 1.65. The number of aryl methyl sites for hydroxylation is 2. The molecule has 0 unspecified atom stereocenters. The van der Waals surface area contributed by atoms with Crippen molar-refractivity contribution in [3.8, 4) is 0 Å². The van der Waals surface area contributed by atoms with Gasteiger partial charge in [-0.2, -0.15) is 0 Å². The summed E-state index contributed by atoms with van der Waals surface area (Å²) in [6, 6.07) is 10.2. The van der Waals surface area contributed by atoms with E-state index in [0.29, 0.717) is 30.0 Å². The molecule has 1 N–H and O–H groups in total. The SMILES string of the molecule is CCc1onc(C)c1C(=O)NC[C@@H]1CCO[C@H]1c1ccccc1. The number of rotatable bonds is 5. The van der Waals surface area contributed by atoms with Crippen molar-refractivity contribution in [3.05, 3.63) is 52.9 Å². The third-order valence-electron chi connectivity index (χ3n) is 4.35. The topological polar surface area (TPSA) is 64.4 Å². The Labute approximate surface area is 136 Å². The van der Waals surface area contributed by atoms with E-state index < -0.39 is 0 Å². The van der Waals surface area contributed by atoms with Gasteiger partial charge in [-0.1, -0.05) is 42.4 Å². The molecular formula is C18H22N2O3. The standard InChI is InChI=1S/C18H22N2O3/c1-3-15-16(12(2)20-23-15)18(21)19-11-14-9-10-22-17(14)13-7-5-4-6-8-13/h4-8,14,17H,3,9-11H2,1-2H3,(H,19,21)/t14-,17-/m0/s1. The normalized spacial score (nSPS) is 20.6. The predicted octanol–water partition coefficient (Wildman–Crippen LogP) is 3.05. The first-order chi connectivity index (χ1) is 11.2. The van der Waals surface area contributed by atoms with Crippen LogP contribution in [0, 0.1) is 12.8 Å². The second-order valence-corrected chi connectivity index (χ2v) is 5.88. The van der Waals surface area contributed by atoms with Crippen LogP contribution in [-0.2, 0) is 11.2 Å². The fourth-order valence-corrected chi connectivity index (χ4v) is 3.12. The highest BCUT2D eigenvalue weighted by Crippen LogP contribution is 2.33. The molecule has 2 heterocycles. The van der Waals surface area contributed by atoms with E-state index >= 15 is 0 Å². The van der Waals surface area contributed by atoms with E-state index in [0.717, 1.165) is 13.0 Å². The van der Waals surface area contributed by atoms with Crippen LogP contribution in [0.25, 0.3) is 0 Å². The van der Waals surface area contributed by atoms with Crippen molar-refractivity contribution >= 4 is 5.91 Å². The molecule has 1 fully saturated rings. The molecule has 23 heavy (non-hydrogen) atoms. The summed E-state index contributed by atoms with van der Waals surface area (Å²) >= 11 is 0. The first-order valence-electron chi connectivity index (χ1n) is 8.10. The average Bonchev–Trinajstić information content (AvgIpc) is 3.19. The molecule has 1 aromatic heterocycles. The molecule has 5 heteroatoms. The second kappa shape index (κ2) is 6.96. The molecule has 3 rings (SSSR count). The number of amides is 1. The van der Waals surface area contributed by atoms with Crippen molar-refractivity contribution in [2.45, 2.75) is 32.8 Å². The molecule has 2 aromatic rings. The van der Waals surface area contributed by atoms with Crippen LogP contribution in [0.4, 0.5) is 0 Å². The predicted molar refractivity (Wildman–Crippen MR) is 86.2 cm³/mol. The number of benzene rings is 1. The first kappa shape index (κ1) is 15.7. The number of carbonyl (C=O) groups is 1. The number of nitrogens with zero attached hydrogens (tertiary/aromatic N) is 1. The van der Waals surface area contributed by atoms with E-state index in [1.165, 1.54) is 5.56 Å². The fraction of sp³-hybridized carbons (Fsp3) is 0.444. The van der Waals surface area contributed by atoms with Gasteiger partial charge in [0.25, 0.3) is 5.91 Å². The Kier molecular flexibility index (Phi) is 4.76. The van der Waals surface area contributed by atoms with Crippen LogP contribution >= 0.6 is 0 Å². The highest BCUT2D eigenvalue weighted by molar-refractivity contribution is 5.96. The smallest absolute Gasteiger partial charge is 0.256 e. The molecular weight excluding hydrogens is 292 g/mol. The van der Waals surface area contributed by atoms with Gasteiger partial charge in [0.2, 0.25) is 0 Å². The molecule has 0 radical (unpaired) electrons. The highest BCUT2D eigenvalue weighted by atomic mass is 16.5. The second-order valence-electron chi connectivity index (χ2n) is 5.88. The van der Waals surface area contributed by atoms with E-state index in [4.69, 9.17) is 9.26 Å². The van der Waals surface area contributed by atoms with Gasteiger partial charge in [0.1, 0.15) is 11.3 Å². The third kappa shape index (κ3) is 3.29. The van der Waals surface area contributed by atoms with Gasteiger partial charge in [0, 0.05) is 25.5 Å². The Bertz CT molecular complexity index is 666. The lowest BCUT2D eigenvalue weighted by Crippen LogP contribution is -2.31. The molecule has 0 saturated carbocycles. The van der Waals surface area contributed by atoms with Gasteiger partial charge in [-0.05, 0) is 18.9 Å². The molecule has 1 aliphatic rings. The molecule has 1 aromatic carbocycles. The van der Waals surface area contributed by atoms with Crippen molar-refractivity contribution in [1.82, 2.24) is 10.5 Å². The van der Waals surface area contributed by atoms with Crippen LogP contribution in [0.15, 0.2) is 34.9 Å². The first-order valence-corrected chi connectivity index (χ1v) is 8.10. The number of ether oxygens (including phenoxy) is 1. The van der Waals surface area contributed by atoms with Crippen molar-refractivity contribution in [2.75, 3.05) is 13.2 Å². The summed E-state index contributed by atoms with van der Waals surface area (Å²) in [5.74, 6) is 0.813. The van der Waals surface area contributed by atoms with Gasteiger partial charge in [-0.25, -0.2) is 0 Å². The van der Waals surface area contributed by atoms with Gasteiger partial charge in [0.15, 0.2) is 0 Å². The van der Waals surface area contributed by atoms with Crippen LogP contribution in [0.2, 0.25) is 0 Å². The van der Waals surface area contributed by atoms with Gasteiger partial charge < -0.3 is 14.6 Å². The van der Waals surface area contributed by atoms with E-state index in [1.807, 2.05) is 25.1 Å². The van der Waals surface area contributed by atoms with Crippen LogP contribution < -0.4 is 5.32 Å². The van der Waals surface area contributed by atoms with E-state index in [2.05, 4.69) is 22.6 Å². The Hall–Kier alpha value is -2.14. The molecule has 5 nitrogen and oxygen atoms in total. The van der Waals surface area contributed by atoms with Gasteiger partial charge in [-0.15, -0.1) is 0 Å². The molecule has 0 aliphatic carbocycles. The third-order valence-corrected chi connectivity index (χ3v) is 4.35. The lowest BCUT2D eigenvalue weighted by molar-refractivity contribution is 0.0845. The van der Waals surface area contributed by atoms with Gasteiger partial charge in [0.05, 0.1) is 11.8 Å². The van der Waals surface area contributed by atoms with Gasteiger partial charge >= 0.3 is 0 Å². The number of carbonyl (C=O) groups excluding carboxylic acids is 1. The average molecular weight is 314 g/mol. The summed E-state index contributed by atoms with van der Waals surface area (Å²) in [4.78, 5) is 12.5. The zero-order valence-corrected chi connectivity index (χ0v) is 13.5. The zero-order chi connectivity index (χ0) is 16.2. The Morgan fingerprint density at radius 2 is 2.13 bits per heavy atom. The van der Waals surface area contributed by atoms with Crippen LogP contribution in [0.5, 0.6) is 0 Å². The van der Waals surface area contributed by atoms with Crippen LogP contribution in [-0.4, -0.2) is 24.2 Å². The summed E-state index contributed by atoms with van der Waals surface area (Å²) in [6.45, 7) is 5.06. The van der Waals surface area contributed by atoms with E-state index in [9.17, 15) is 4.79 Å². The number of aromatic nitrogens is 1. The maximum Gasteiger partial charge on any atom is 0.256 e. The minimum absolute atomic E-state index is 0.0470. The lowest BCUT2D eigenvalue weighted by Gasteiger charge is -2.19. The molecule has 2 atom stereocenters. The molecule has 1 amide bonds. The molecule has 0 spiro atoms. The summed E-state index contributed by atoms with van der Waals surface area (Å²) in [5.41, 5.74) is 2.38. The monoisotopic (exact) mass is 314 g/mol. The van der Waals surface area contributed by atoms with Crippen molar-refractivity contribution < 1.29 is 14.1 Å². The van der Waals surface area contributed by atoms with E-state index in [-0.39, 0.29) is 17.9 Å². The minimum Gasteiger partial charge on any atom is -0.373 e. The molecule has 1 aliphatic heterocycles. The number of nitrogens with one attached hydrogen (secondary N) is 1. The van der Waals surface area contributed by atoms with Crippen LogP contribution in [0.1, 0.15) is 46.8 Å². The molecule has 122 valence electrons. The molecule has 0 bridgehead atoms. The quantitative estimate of drug-likeness (QED) is 0.921. The van der Waals surface area contributed by atoms with Crippen molar-refractivity contribution in [3.63, 3.8) is 0 Å². The lowest BCUT2D eigenvalue weighted by atomic mass is 9.95. The maximum absolute atomic E-state index is 12.5. The molecule has 1 saturated heterocycles. The number of hydrogen-bond acceptors (Lipinski definition) is 4. The summed E-state index contributed by atoms with van der Waals surface area (Å²) in [6.07, 6.45) is 1.65. The largest absolute Gasteiger partial charge is 0.373 e. The van der Waals surface area contributed by atoms with Crippen molar-refractivity contribution in [1.29, 1.82) is 0 Å². The fourth-order valence-electron chi connectivity index (χ4n) is 3.12. The Morgan fingerprint density at radius 1 is 1.35 bits per heavy atom. The summed E-state index contributed by atoms with van der Waals surface area (Å²) < 4.78 is 11.1. The maximum atomic E-state index is 12.5. The van der Waals surface area contributed by atoms with Crippen LogP contribution in [0.3, 0.4) is 0 Å². The summed E-state index contributed by atoms with van der Waals surface area (Å²) in [5, 5.41) is 6.91.